The molecule has 11 heteroatoms. The van der Waals surface area contributed by atoms with Crippen LogP contribution in [0, 0.1) is 17.7 Å². The van der Waals surface area contributed by atoms with E-state index in [1.165, 1.54) is 24.3 Å². The lowest BCUT2D eigenvalue weighted by Gasteiger charge is -2.26. The molecule has 1 fully saturated rings. The van der Waals surface area contributed by atoms with Gasteiger partial charge in [0.2, 0.25) is 17.7 Å². The molecule has 1 saturated heterocycles. The van der Waals surface area contributed by atoms with Crippen molar-refractivity contribution in [1.29, 1.82) is 0 Å². The van der Waals surface area contributed by atoms with Crippen LogP contribution in [-0.4, -0.2) is 54.6 Å². The third-order valence-electron chi connectivity index (χ3n) is 7.05. The maximum absolute atomic E-state index is 13.6. The molecular weight excluding hydrogens is 531 g/mol. The van der Waals surface area contributed by atoms with Crippen LogP contribution in [0.15, 0.2) is 59.0 Å². The molecule has 41 heavy (non-hydrogen) atoms. The van der Waals surface area contributed by atoms with Crippen LogP contribution in [0.5, 0.6) is 0 Å². The topological polar surface area (TPSA) is 147 Å². The fourth-order valence-electron chi connectivity index (χ4n) is 4.80. The number of halogens is 1. The van der Waals surface area contributed by atoms with Gasteiger partial charge in [0.15, 0.2) is 5.76 Å². The second-order valence-corrected chi connectivity index (χ2v) is 10.5. The molecule has 1 aliphatic heterocycles. The van der Waals surface area contributed by atoms with Crippen molar-refractivity contribution in [3.8, 4) is 0 Å². The number of furan rings is 1. The average Bonchev–Trinajstić information content (AvgIpc) is 3.56. The third-order valence-corrected chi connectivity index (χ3v) is 7.05. The van der Waals surface area contributed by atoms with E-state index in [1.54, 1.807) is 38.1 Å². The van der Waals surface area contributed by atoms with E-state index in [9.17, 15) is 28.4 Å². The number of benzene rings is 2. The zero-order valence-electron chi connectivity index (χ0n) is 22.8. The summed E-state index contributed by atoms with van der Waals surface area (Å²) in [6.45, 7) is 3.99. The van der Waals surface area contributed by atoms with Crippen LogP contribution in [0.4, 0.5) is 4.39 Å². The van der Waals surface area contributed by atoms with E-state index in [2.05, 4.69) is 21.3 Å². The minimum Gasteiger partial charge on any atom is -0.451 e. The molecule has 4 N–H and O–H groups in total. The van der Waals surface area contributed by atoms with Gasteiger partial charge < -0.3 is 30.5 Å². The molecule has 0 saturated carbocycles. The lowest BCUT2D eigenvalue weighted by Crippen LogP contribution is -2.57. The maximum Gasteiger partial charge on any atom is 0.287 e. The maximum atomic E-state index is 13.6. The molecule has 4 atom stereocenters. The Labute approximate surface area is 236 Å². The van der Waals surface area contributed by atoms with Crippen LogP contribution in [0.25, 0.3) is 11.0 Å². The summed E-state index contributed by atoms with van der Waals surface area (Å²) < 4.78 is 19.1. The highest BCUT2D eigenvalue weighted by molar-refractivity contribution is 5.99. The van der Waals surface area contributed by atoms with Crippen LogP contribution in [0.2, 0.25) is 0 Å². The third kappa shape index (κ3) is 7.56. The summed E-state index contributed by atoms with van der Waals surface area (Å²) >= 11 is 0. The van der Waals surface area contributed by atoms with E-state index in [4.69, 9.17) is 4.42 Å². The van der Waals surface area contributed by atoms with E-state index < -0.39 is 41.7 Å². The number of amides is 4. The van der Waals surface area contributed by atoms with Crippen molar-refractivity contribution in [2.24, 2.45) is 11.8 Å². The van der Waals surface area contributed by atoms with Gasteiger partial charge in [-0.15, -0.1) is 0 Å². The Hall–Kier alpha value is -4.54. The van der Waals surface area contributed by atoms with Gasteiger partial charge in [-0.1, -0.05) is 44.2 Å². The van der Waals surface area contributed by atoms with Crippen LogP contribution in [-0.2, 0) is 25.6 Å². The Morgan fingerprint density at radius 1 is 1.05 bits per heavy atom. The molecule has 2 aromatic carbocycles. The van der Waals surface area contributed by atoms with Gasteiger partial charge in [-0.05, 0) is 48.6 Å². The summed E-state index contributed by atoms with van der Waals surface area (Å²) in [5, 5.41) is 11.2. The molecule has 10 nitrogen and oxygen atoms in total. The van der Waals surface area contributed by atoms with E-state index in [0.29, 0.717) is 30.2 Å². The minimum absolute atomic E-state index is 0.0904. The largest absolute Gasteiger partial charge is 0.451 e. The van der Waals surface area contributed by atoms with Crippen LogP contribution in [0.1, 0.15) is 42.8 Å². The van der Waals surface area contributed by atoms with Gasteiger partial charge in [0.25, 0.3) is 5.91 Å². The number of rotatable bonds is 12. The predicted molar refractivity (Wildman–Crippen MR) is 148 cm³/mol. The lowest BCUT2D eigenvalue weighted by atomic mass is 9.98. The smallest absolute Gasteiger partial charge is 0.287 e. The van der Waals surface area contributed by atoms with Gasteiger partial charge in [0.05, 0.1) is 6.04 Å². The minimum atomic E-state index is -1.07. The Morgan fingerprint density at radius 2 is 1.80 bits per heavy atom. The molecule has 3 aromatic rings. The molecule has 4 amide bonds. The van der Waals surface area contributed by atoms with Crippen molar-refractivity contribution in [2.75, 3.05) is 6.54 Å². The average molecular weight is 565 g/mol. The van der Waals surface area contributed by atoms with Gasteiger partial charge in [-0.2, -0.15) is 0 Å². The number of carbonyl (C=O) groups is 5. The number of hydrogen-bond acceptors (Lipinski definition) is 6. The van der Waals surface area contributed by atoms with Gasteiger partial charge in [-0.3, -0.25) is 19.2 Å². The first-order chi connectivity index (χ1) is 19.6. The quantitative estimate of drug-likeness (QED) is 0.248. The predicted octanol–water partition coefficient (Wildman–Crippen LogP) is 2.26. The van der Waals surface area contributed by atoms with Crippen molar-refractivity contribution >= 4 is 40.9 Å². The SMILES string of the molecule is CC(C)C(NC(=O)c1cc2cc(F)ccc2o1)C(=O)N[C@@H](Cc1ccccc1)C(=O)N[C@H](C=O)C[C@@H]1CCNC1=O. The summed E-state index contributed by atoms with van der Waals surface area (Å²) in [7, 11) is 0. The first kappa shape index (κ1) is 29.4. The van der Waals surface area contributed by atoms with Crippen molar-refractivity contribution in [3.05, 3.63) is 71.7 Å². The van der Waals surface area contributed by atoms with Gasteiger partial charge in [-0.25, -0.2) is 4.39 Å². The molecule has 2 heterocycles. The zero-order valence-corrected chi connectivity index (χ0v) is 22.8. The molecule has 0 aliphatic carbocycles. The number of fused-ring (bicyclic) bond motifs is 1. The summed E-state index contributed by atoms with van der Waals surface area (Å²) in [5.41, 5.74) is 1.09. The van der Waals surface area contributed by atoms with Crippen LogP contribution >= 0.6 is 0 Å². The van der Waals surface area contributed by atoms with Crippen molar-refractivity contribution in [2.45, 2.75) is 51.2 Å². The highest BCUT2D eigenvalue weighted by Gasteiger charge is 2.32. The summed E-state index contributed by atoms with van der Waals surface area (Å²) in [6, 6.07) is 11.3. The standard InChI is InChI=1S/C30H33FN4O6/c1-17(2)26(35-29(39)25-15-20-13-21(31)8-9-24(20)41-25)30(40)34-23(12-18-6-4-3-5-7-18)28(38)33-22(16-36)14-19-10-11-32-27(19)37/h3-9,13,15-17,19,22-23,26H,10-12,14H2,1-2H3,(H,32,37)(H,33,38)(H,34,40)(H,35,39)/t19-,22-,23-,26?/m0/s1. The molecule has 4 rings (SSSR count). The monoisotopic (exact) mass is 564 g/mol. The summed E-state index contributed by atoms with van der Waals surface area (Å²) in [6.07, 6.45) is 1.43. The lowest BCUT2D eigenvalue weighted by molar-refractivity contribution is -0.131. The molecule has 1 aromatic heterocycles. The number of carbonyl (C=O) groups excluding carboxylic acids is 5. The Morgan fingerprint density at radius 3 is 2.46 bits per heavy atom. The van der Waals surface area contributed by atoms with Gasteiger partial charge in [0, 0.05) is 24.3 Å². The first-order valence-electron chi connectivity index (χ1n) is 13.5. The van der Waals surface area contributed by atoms with Crippen LogP contribution < -0.4 is 21.3 Å². The molecule has 0 bridgehead atoms. The molecule has 216 valence electrons. The summed E-state index contributed by atoms with van der Waals surface area (Å²) in [5.74, 6) is -3.35. The fraction of sp³-hybridized carbons (Fsp3) is 0.367. The number of nitrogens with one attached hydrogen (secondary N) is 4. The van der Waals surface area contributed by atoms with Crippen LogP contribution in [0.3, 0.4) is 0 Å². The van der Waals surface area contributed by atoms with Gasteiger partial charge >= 0.3 is 0 Å². The van der Waals surface area contributed by atoms with E-state index in [1.807, 2.05) is 6.07 Å². The first-order valence-corrected chi connectivity index (χ1v) is 13.5. The number of hydrogen-bond donors (Lipinski definition) is 4. The Kier molecular flexibility index (Phi) is 9.49. The summed E-state index contributed by atoms with van der Waals surface area (Å²) in [4.78, 5) is 63.5. The molecule has 0 spiro atoms. The fourth-order valence-corrected chi connectivity index (χ4v) is 4.80. The van der Waals surface area contributed by atoms with E-state index in [-0.39, 0.29) is 36.3 Å². The van der Waals surface area contributed by atoms with Crippen molar-refractivity contribution in [1.82, 2.24) is 21.3 Å². The zero-order chi connectivity index (χ0) is 29.5. The van der Waals surface area contributed by atoms with Crippen molar-refractivity contribution < 1.29 is 32.8 Å². The number of aldehydes is 1. The highest BCUT2D eigenvalue weighted by Crippen LogP contribution is 2.21. The highest BCUT2D eigenvalue weighted by atomic mass is 19.1. The van der Waals surface area contributed by atoms with E-state index >= 15 is 0 Å². The molecule has 1 aliphatic rings. The Bertz CT molecular complexity index is 1420. The molecule has 1 unspecified atom stereocenters. The van der Waals surface area contributed by atoms with E-state index in [0.717, 1.165) is 5.56 Å². The Balaban J connectivity index is 1.48. The molecule has 0 radical (unpaired) electrons. The second kappa shape index (κ2) is 13.2. The normalized spacial score (nSPS) is 17.0. The molecular formula is C30H33FN4O6. The second-order valence-electron chi connectivity index (χ2n) is 10.5. The van der Waals surface area contributed by atoms with Gasteiger partial charge in [0.1, 0.15) is 29.8 Å². The van der Waals surface area contributed by atoms with Crippen molar-refractivity contribution in [3.63, 3.8) is 0 Å².